The van der Waals surface area contributed by atoms with Gasteiger partial charge in [-0.1, -0.05) is 39.0 Å². The third kappa shape index (κ3) is 3.40. The number of carbonyl (C=O) groups is 2. The molecule has 0 fully saturated rings. The van der Waals surface area contributed by atoms with E-state index in [2.05, 4.69) is 5.32 Å². The van der Waals surface area contributed by atoms with Crippen molar-refractivity contribution in [2.24, 2.45) is 11.1 Å². The third-order valence-corrected chi connectivity index (χ3v) is 2.53. The maximum atomic E-state index is 12.3. The van der Waals surface area contributed by atoms with Crippen LogP contribution in [0.15, 0.2) is 24.3 Å². The lowest BCUT2D eigenvalue weighted by molar-refractivity contribution is 0.0847. The van der Waals surface area contributed by atoms with E-state index in [1.165, 1.54) is 0 Å². The highest BCUT2D eigenvalue weighted by molar-refractivity contribution is 6.09. The van der Waals surface area contributed by atoms with Gasteiger partial charge >= 0.3 is 0 Å². The van der Waals surface area contributed by atoms with Crippen LogP contribution in [0.4, 0.5) is 0 Å². The molecule has 0 aliphatic carbocycles. The van der Waals surface area contributed by atoms with E-state index >= 15 is 0 Å². The molecular weight excluding hydrogens is 228 g/mol. The molecule has 3 N–H and O–H groups in total. The van der Waals surface area contributed by atoms with Crippen molar-refractivity contribution >= 4 is 11.7 Å². The fraction of sp³-hybridized carbons (Fsp3) is 0.429. The largest absolute Gasteiger partial charge is 0.351 e. The van der Waals surface area contributed by atoms with E-state index in [9.17, 15) is 9.59 Å². The van der Waals surface area contributed by atoms with Gasteiger partial charge in [0.15, 0.2) is 5.78 Å². The van der Waals surface area contributed by atoms with Crippen LogP contribution in [0.2, 0.25) is 0 Å². The Morgan fingerprint density at radius 3 is 2.22 bits per heavy atom. The van der Waals surface area contributed by atoms with Crippen molar-refractivity contribution in [3.05, 3.63) is 35.4 Å². The van der Waals surface area contributed by atoms with Gasteiger partial charge in [0, 0.05) is 24.1 Å². The minimum atomic E-state index is -0.510. The molecular formula is C14H20N2O2. The number of rotatable bonds is 4. The normalized spacial score (nSPS) is 11.1. The van der Waals surface area contributed by atoms with Gasteiger partial charge < -0.3 is 11.1 Å². The number of carbonyl (C=O) groups excluding carboxylic acids is 2. The highest BCUT2D eigenvalue weighted by atomic mass is 16.2. The number of Topliss-reactive ketones (excluding diaryl/α,β-unsaturated/α-hetero) is 1. The second-order valence-electron chi connectivity index (χ2n) is 5.17. The Morgan fingerprint density at radius 1 is 1.17 bits per heavy atom. The first-order chi connectivity index (χ1) is 8.38. The van der Waals surface area contributed by atoms with Crippen molar-refractivity contribution < 1.29 is 9.59 Å². The average molecular weight is 248 g/mol. The van der Waals surface area contributed by atoms with Crippen LogP contribution in [0, 0.1) is 5.41 Å². The predicted octanol–water partition coefficient (Wildman–Crippen LogP) is 1.60. The van der Waals surface area contributed by atoms with Crippen molar-refractivity contribution in [3.8, 4) is 0 Å². The van der Waals surface area contributed by atoms with Crippen molar-refractivity contribution in [3.63, 3.8) is 0 Å². The van der Waals surface area contributed by atoms with Crippen LogP contribution in [-0.2, 0) is 0 Å². The fourth-order valence-corrected chi connectivity index (χ4v) is 1.56. The lowest BCUT2D eigenvalue weighted by Crippen LogP contribution is -2.31. The highest BCUT2D eigenvalue weighted by Crippen LogP contribution is 2.23. The minimum absolute atomic E-state index is 0.0407. The summed E-state index contributed by atoms with van der Waals surface area (Å²) < 4.78 is 0. The number of nitrogens with one attached hydrogen (secondary N) is 1. The number of amides is 1. The molecule has 98 valence electrons. The van der Waals surface area contributed by atoms with E-state index in [1.807, 2.05) is 20.8 Å². The van der Waals surface area contributed by atoms with Crippen LogP contribution < -0.4 is 11.1 Å². The number of hydrogen-bond donors (Lipinski definition) is 2. The van der Waals surface area contributed by atoms with E-state index in [0.717, 1.165) is 0 Å². The summed E-state index contributed by atoms with van der Waals surface area (Å²) in [5, 5.41) is 2.68. The first kappa shape index (κ1) is 14.4. The molecule has 0 saturated heterocycles. The minimum Gasteiger partial charge on any atom is -0.351 e. The molecule has 4 heteroatoms. The third-order valence-electron chi connectivity index (χ3n) is 2.53. The molecule has 0 aliphatic heterocycles. The summed E-state index contributed by atoms with van der Waals surface area (Å²) >= 11 is 0. The van der Waals surface area contributed by atoms with Crippen LogP contribution in [0.25, 0.3) is 0 Å². The standard InChI is InChI=1S/C14H20N2O2/c1-14(2,3)12(17)10-6-4-5-7-11(10)13(18)16-9-8-15/h4-7H,8-9,15H2,1-3H3,(H,16,18). The maximum absolute atomic E-state index is 12.3. The van der Waals surface area contributed by atoms with Gasteiger partial charge in [-0.3, -0.25) is 9.59 Å². The highest BCUT2D eigenvalue weighted by Gasteiger charge is 2.26. The van der Waals surface area contributed by atoms with Gasteiger partial charge in [-0.05, 0) is 6.07 Å². The zero-order chi connectivity index (χ0) is 13.8. The molecule has 0 heterocycles. The summed E-state index contributed by atoms with van der Waals surface area (Å²) in [6, 6.07) is 6.85. The fourth-order valence-electron chi connectivity index (χ4n) is 1.56. The topological polar surface area (TPSA) is 72.2 Å². The molecule has 1 rings (SSSR count). The van der Waals surface area contributed by atoms with Crippen LogP contribution in [0.1, 0.15) is 41.5 Å². The molecule has 1 aromatic carbocycles. The van der Waals surface area contributed by atoms with Gasteiger partial charge in [-0.15, -0.1) is 0 Å². The van der Waals surface area contributed by atoms with Crippen molar-refractivity contribution in [1.82, 2.24) is 5.32 Å². The van der Waals surface area contributed by atoms with Crippen molar-refractivity contribution in [2.75, 3.05) is 13.1 Å². The van der Waals surface area contributed by atoms with Crippen LogP contribution in [-0.4, -0.2) is 24.8 Å². The van der Waals surface area contributed by atoms with Crippen LogP contribution >= 0.6 is 0 Å². The Kier molecular flexibility index (Phi) is 4.62. The number of benzene rings is 1. The van der Waals surface area contributed by atoms with E-state index in [-0.39, 0.29) is 11.7 Å². The van der Waals surface area contributed by atoms with Crippen molar-refractivity contribution in [2.45, 2.75) is 20.8 Å². The quantitative estimate of drug-likeness (QED) is 0.795. The average Bonchev–Trinajstić information content (AvgIpc) is 2.34. The first-order valence-corrected chi connectivity index (χ1v) is 6.00. The Hall–Kier alpha value is -1.68. The van der Waals surface area contributed by atoms with E-state index in [4.69, 9.17) is 5.73 Å². The lowest BCUT2D eigenvalue weighted by Gasteiger charge is -2.18. The van der Waals surface area contributed by atoms with E-state index in [1.54, 1.807) is 24.3 Å². The predicted molar refractivity (Wildman–Crippen MR) is 71.6 cm³/mol. The van der Waals surface area contributed by atoms with Gasteiger partial charge in [0.2, 0.25) is 0 Å². The molecule has 4 nitrogen and oxygen atoms in total. The molecule has 0 unspecified atom stereocenters. The summed E-state index contributed by atoms with van der Waals surface area (Å²) in [5.41, 5.74) is 5.70. The molecule has 0 saturated carbocycles. The molecule has 0 aliphatic rings. The van der Waals surface area contributed by atoms with Gasteiger partial charge in [0.25, 0.3) is 5.91 Å². The zero-order valence-corrected chi connectivity index (χ0v) is 11.1. The monoisotopic (exact) mass is 248 g/mol. The summed E-state index contributed by atoms with van der Waals surface area (Å²) in [6.45, 7) is 6.29. The van der Waals surface area contributed by atoms with Crippen LogP contribution in [0.5, 0.6) is 0 Å². The van der Waals surface area contributed by atoms with Gasteiger partial charge in [-0.25, -0.2) is 0 Å². The first-order valence-electron chi connectivity index (χ1n) is 6.00. The Balaban J connectivity index is 3.07. The van der Waals surface area contributed by atoms with Gasteiger partial charge in [0.1, 0.15) is 0 Å². The second-order valence-corrected chi connectivity index (χ2v) is 5.17. The molecule has 0 radical (unpaired) electrons. The Morgan fingerprint density at radius 2 is 1.72 bits per heavy atom. The van der Waals surface area contributed by atoms with E-state index in [0.29, 0.717) is 24.2 Å². The summed E-state index contributed by atoms with van der Waals surface area (Å²) in [6.07, 6.45) is 0. The smallest absolute Gasteiger partial charge is 0.252 e. The number of nitrogens with two attached hydrogens (primary N) is 1. The second kappa shape index (κ2) is 5.78. The lowest BCUT2D eigenvalue weighted by atomic mass is 9.84. The Labute approximate surface area is 108 Å². The molecule has 0 aromatic heterocycles. The van der Waals surface area contributed by atoms with Gasteiger partial charge in [0.05, 0.1) is 5.56 Å². The molecule has 0 bridgehead atoms. The Bertz CT molecular complexity index is 447. The van der Waals surface area contributed by atoms with Crippen LogP contribution in [0.3, 0.4) is 0 Å². The number of hydrogen-bond acceptors (Lipinski definition) is 3. The zero-order valence-electron chi connectivity index (χ0n) is 11.1. The van der Waals surface area contributed by atoms with Gasteiger partial charge in [-0.2, -0.15) is 0 Å². The molecule has 18 heavy (non-hydrogen) atoms. The summed E-state index contributed by atoms with van der Waals surface area (Å²) in [7, 11) is 0. The molecule has 0 atom stereocenters. The summed E-state index contributed by atoms with van der Waals surface area (Å²) in [5.74, 6) is -0.297. The number of ketones is 1. The van der Waals surface area contributed by atoms with Crippen molar-refractivity contribution in [1.29, 1.82) is 0 Å². The SMILES string of the molecule is CC(C)(C)C(=O)c1ccccc1C(=O)NCCN. The maximum Gasteiger partial charge on any atom is 0.252 e. The van der Waals surface area contributed by atoms with E-state index < -0.39 is 5.41 Å². The summed E-state index contributed by atoms with van der Waals surface area (Å²) in [4.78, 5) is 24.2. The molecule has 1 amide bonds. The molecule has 0 spiro atoms. The molecule has 1 aromatic rings.